The molecule has 4 rings (SSSR count). The smallest absolute Gasteiger partial charge is 0.209 e. The zero-order valence-electron chi connectivity index (χ0n) is 17.1. The quantitative estimate of drug-likeness (QED) is 0.737. The van der Waals surface area contributed by atoms with Crippen LogP contribution in [0.5, 0.6) is 0 Å². The average molecular weight is 343 g/mol. The van der Waals surface area contributed by atoms with Gasteiger partial charge in [0.25, 0.3) is 0 Å². The van der Waals surface area contributed by atoms with Crippen molar-refractivity contribution < 1.29 is 10.3 Å². The van der Waals surface area contributed by atoms with Crippen molar-refractivity contribution in [2.45, 2.75) is 25.7 Å². The molecule has 0 bridgehead atoms. The summed E-state index contributed by atoms with van der Waals surface area (Å²) in [4.78, 5) is 16.6. The highest BCUT2D eigenvalue weighted by Crippen LogP contribution is 2.38. The first-order valence-electron chi connectivity index (χ1n) is 9.93. The van der Waals surface area contributed by atoms with Gasteiger partial charge >= 0.3 is 0 Å². The van der Waals surface area contributed by atoms with Crippen molar-refractivity contribution in [3.63, 3.8) is 0 Å². The maximum atomic E-state index is 11.4. The number of piperidine rings is 1. The predicted molar refractivity (Wildman–Crippen MR) is 96.0 cm³/mol. The van der Waals surface area contributed by atoms with Crippen LogP contribution in [0.4, 0.5) is 0 Å². The van der Waals surface area contributed by atoms with E-state index in [4.69, 9.17) is 17.1 Å². The first kappa shape index (κ1) is 11.4. The standard InChI is InChI=1S/C20H19ClN2O/c21-17-5-6-18-16(12-17)4-3-15-2-1-9-22-20(15)19(18)14-7-10-23(13-24)11-8-14/h1-2,5-6,9,12-13H,3-4,7-8,10-11H2/i10D2,11D2. The molecule has 1 amide bonds. The third kappa shape index (κ3) is 2.73. The number of aryl methyl sites for hydroxylation is 2. The molecule has 0 radical (unpaired) electrons. The average Bonchev–Trinajstić information content (AvgIpc) is 2.76. The van der Waals surface area contributed by atoms with Crippen LogP contribution in [0.1, 0.15) is 40.7 Å². The molecule has 1 aromatic heterocycles. The SMILES string of the molecule is [2H]C1([2H])CC(=C2c3ccc(Cl)cc3CCc3cccnc32)CC([2H])([2H])N1C=O. The van der Waals surface area contributed by atoms with Crippen molar-refractivity contribution in [3.05, 3.63) is 69.5 Å². The largest absolute Gasteiger partial charge is 0.345 e. The Bertz CT molecular complexity index is 970. The molecule has 1 saturated heterocycles. The van der Waals surface area contributed by atoms with E-state index in [0.717, 1.165) is 40.8 Å². The third-order valence-electron chi connectivity index (χ3n) is 4.51. The fraction of sp³-hybridized carbons (Fsp3) is 0.300. The number of benzene rings is 1. The Balaban J connectivity index is 1.99. The molecular weight excluding hydrogens is 320 g/mol. The molecule has 1 aliphatic carbocycles. The van der Waals surface area contributed by atoms with Crippen molar-refractivity contribution >= 4 is 23.6 Å². The van der Waals surface area contributed by atoms with Crippen LogP contribution in [-0.2, 0) is 17.6 Å². The van der Waals surface area contributed by atoms with Gasteiger partial charge in [0.2, 0.25) is 6.41 Å². The number of hydrogen-bond donors (Lipinski definition) is 0. The number of carbonyl (C=O) groups is 1. The van der Waals surface area contributed by atoms with Crippen LogP contribution in [0, 0.1) is 0 Å². The minimum absolute atomic E-state index is 0.0708. The number of carbonyl (C=O) groups excluding carboxylic acids is 1. The summed E-state index contributed by atoms with van der Waals surface area (Å²) in [6, 6.07) is 9.48. The molecule has 122 valence electrons. The summed E-state index contributed by atoms with van der Waals surface area (Å²) < 4.78 is 33.2. The van der Waals surface area contributed by atoms with Gasteiger partial charge in [-0.1, -0.05) is 29.3 Å². The zero-order valence-corrected chi connectivity index (χ0v) is 13.8. The molecule has 1 fully saturated rings. The number of aromatic nitrogens is 1. The molecule has 1 aliphatic heterocycles. The number of nitrogens with zero attached hydrogens (tertiary/aromatic N) is 2. The van der Waals surface area contributed by atoms with Crippen molar-refractivity contribution in [2.75, 3.05) is 13.0 Å². The summed E-state index contributed by atoms with van der Waals surface area (Å²) in [7, 11) is 0. The van der Waals surface area contributed by atoms with Gasteiger partial charge in [0.1, 0.15) is 0 Å². The number of pyridine rings is 1. The maximum absolute atomic E-state index is 11.4. The van der Waals surface area contributed by atoms with Gasteiger partial charge in [-0.05, 0) is 60.6 Å². The Kier molecular flexibility index (Phi) is 3.05. The molecule has 24 heavy (non-hydrogen) atoms. The van der Waals surface area contributed by atoms with Gasteiger partial charge in [-0.3, -0.25) is 9.78 Å². The molecular formula is C20H19ClN2O. The lowest BCUT2D eigenvalue weighted by Crippen LogP contribution is -2.29. The topological polar surface area (TPSA) is 33.2 Å². The van der Waals surface area contributed by atoms with Gasteiger partial charge < -0.3 is 4.90 Å². The highest BCUT2D eigenvalue weighted by Gasteiger charge is 2.24. The minimum atomic E-state index is -2.13. The highest BCUT2D eigenvalue weighted by atomic mass is 35.5. The Labute approximate surface area is 152 Å². The first-order valence-corrected chi connectivity index (χ1v) is 8.30. The number of hydrogen-bond acceptors (Lipinski definition) is 2. The third-order valence-corrected chi connectivity index (χ3v) is 4.75. The van der Waals surface area contributed by atoms with E-state index in [2.05, 4.69) is 4.98 Å². The van der Waals surface area contributed by atoms with Gasteiger partial charge in [0.05, 0.1) is 5.69 Å². The first-order chi connectivity index (χ1) is 13.2. The molecule has 0 N–H and O–H groups in total. The van der Waals surface area contributed by atoms with Crippen LogP contribution in [-0.4, -0.2) is 29.3 Å². The molecule has 2 heterocycles. The van der Waals surface area contributed by atoms with E-state index in [0.29, 0.717) is 15.5 Å². The van der Waals surface area contributed by atoms with Crippen LogP contribution in [0.25, 0.3) is 5.57 Å². The number of fused-ring (bicyclic) bond motifs is 2. The van der Waals surface area contributed by atoms with E-state index >= 15 is 0 Å². The second-order valence-corrected chi connectivity index (χ2v) is 6.37. The van der Waals surface area contributed by atoms with E-state index in [9.17, 15) is 4.79 Å². The fourth-order valence-electron chi connectivity index (χ4n) is 3.36. The van der Waals surface area contributed by atoms with Crippen LogP contribution >= 0.6 is 11.6 Å². The summed E-state index contributed by atoms with van der Waals surface area (Å²) >= 11 is 6.21. The van der Waals surface area contributed by atoms with Crippen LogP contribution in [0.3, 0.4) is 0 Å². The number of amides is 1. The lowest BCUT2D eigenvalue weighted by atomic mass is 9.89. The second kappa shape index (κ2) is 6.40. The monoisotopic (exact) mass is 342 g/mol. The Morgan fingerprint density at radius 2 is 1.92 bits per heavy atom. The van der Waals surface area contributed by atoms with Crippen molar-refractivity contribution in [1.29, 1.82) is 0 Å². The fourth-order valence-corrected chi connectivity index (χ4v) is 3.56. The van der Waals surface area contributed by atoms with Gasteiger partial charge in [0.15, 0.2) is 0 Å². The normalized spacial score (nSPS) is 23.8. The molecule has 2 aromatic rings. The Morgan fingerprint density at radius 1 is 1.12 bits per heavy atom. The molecule has 2 aliphatic rings. The van der Waals surface area contributed by atoms with Crippen molar-refractivity contribution in [3.8, 4) is 0 Å². The number of halogens is 1. The summed E-state index contributed by atoms with van der Waals surface area (Å²) in [5, 5.41) is 0.628. The van der Waals surface area contributed by atoms with Crippen molar-refractivity contribution in [2.24, 2.45) is 0 Å². The van der Waals surface area contributed by atoms with Gasteiger partial charge in [-0.25, -0.2) is 0 Å². The lowest BCUT2D eigenvalue weighted by molar-refractivity contribution is -0.118. The zero-order chi connectivity index (χ0) is 20.1. The van der Waals surface area contributed by atoms with Gasteiger partial charge in [0, 0.05) is 35.3 Å². The maximum Gasteiger partial charge on any atom is 0.209 e. The molecule has 0 atom stereocenters. The molecule has 0 unspecified atom stereocenters. The van der Waals surface area contributed by atoms with Crippen LogP contribution in [0.15, 0.2) is 42.1 Å². The Morgan fingerprint density at radius 3 is 2.71 bits per heavy atom. The van der Waals surface area contributed by atoms with E-state index in [1.54, 1.807) is 12.3 Å². The van der Waals surface area contributed by atoms with E-state index in [1.165, 1.54) is 0 Å². The molecule has 1 aromatic carbocycles. The van der Waals surface area contributed by atoms with E-state index < -0.39 is 13.0 Å². The summed E-state index contributed by atoms with van der Waals surface area (Å²) in [5.41, 5.74) is 5.12. The highest BCUT2D eigenvalue weighted by molar-refractivity contribution is 6.30. The van der Waals surface area contributed by atoms with Gasteiger partial charge in [-0.2, -0.15) is 0 Å². The van der Waals surface area contributed by atoms with Gasteiger partial charge in [-0.15, -0.1) is 0 Å². The number of rotatable bonds is 1. The summed E-state index contributed by atoms with van der Waals surface area (Å²) in [5.74, 6) is 0. The molecule has 3 nitrogen and oxygen atoms in total. The van der Waals surface area contributed by atoms with Crippen LogP contribution < -0.4 is 0 Å². The number of likely N-dealkylation sites (tertiary alicyclic amines) is 1. The molecule has 0 spiro atoms. The van der Waals surface area contributed by atoms with Crippen molar-refractivity contribution in [1.82, 2.24) is 9.88 Å². The lowest BCUT2D eigenvalue weighted by Gasteiger charge is -2.27. The molecule has 4 heteroatoms. The van der Waals surface area contributed by atoms with E-state index in [1.807, 2.05) is 24.3 Å². The summed E-state index contributed by atoms with van der Waals surface area (Å²) in [6.45, 7) is -4.25. The predicted octanol–water partition coefficient (Wildman–Crippen LogP) is 3.89. The minimum Gasteiger partial charge on any atom is -0.345 e. The second-order valence-electron chi connectivity index (χ2n) is 5.94. The summed E-state index contributed by atoms with van der Waals surface area (Å²) in [6.07, 6.45) is 3.36. The Hall–Kier alpha value is -2.13. The van der Waals surface area contributed by atoms with E-state index in [-0.39, 0.29) is 19.3 Å². The van der Waals surface area contributed by atoms with Crippen LogP contribution in [0.2, 0.25) is 5.02 Å². The molecule has 0 saturated carbocycles.